The fourth-order valence-electron chi connectivity index (χ4n) is 1.25. The summed E-state index contributed by atoms with van der Waals surface area (Å²) in [6.07, 6.45) is 0. The van der Waals surface area contributed by atoms with Gasteiger partial charge in [-0.1, -0.05) is 0 Å². The lowest BCUT2D eigenvalue weighted by Crippen LogP contribution is -2.27. The van der Waals surface area contributed by atoms with Gasteiger partial charge in [-0.25, -0.2) is 4.39 Å². The first-order valence-corrected chi connectivity index (χ1v) is 4.03. The molecule has 0 fully saturated rings. The fourth-order valence-corrected chi connectivity index (χ4v) is 1.49. The number of fused-ring (bicyclic) bond motifs is 1. The third-order valence-electron chi connectivity index (χ3n) is 1.92. The molecule has 68 valence electrons. The molecule has 1 aliphatic rings. The number of halogens is 1. The molecule has 0 saturated carbocycles. The predicted molar refractivity (Wildman–Crippen MR) is 47.9 cm³/mol. The van der Waals surface area contributed by atoms with Crippen LogP contribution < -0.4 is 5.32 Å². The lowest BCUT2D eigenvalue weighted by atomic mass is 10.1. The summed E-state index contributed by atoms with van der Waals surface area (Å²) in [7, 11) is 0. The van der Waals surface area contributed by atoms with Crippen LogP contribution in [-0.2, 0) is 9.73 Å². The Labute approximate surface area is 79.0 Å². The number of anilines is 1. The van der Waals surface area contributed by atoms with Crippen molar-refractivity contribution in [2.75, 3.05) is 5.32 Å². The van der Waals surface area contributed by atoms with E-state index in [1.807, 2.05) is 0 Å². The highest BCUT2D eigenvalue weighted by atomic mass is 32.1. The molecule has 13 heavy (non-hydrogen) atoms. The second-order valence-corrected chi connectivity index (χ2v) is 3.46. The maximum Gasteiger partial charge on any atom is 0.271 e. The van der Waals surface area contributed by atoms with Crippen LogP contribution in [0.15, 0.2) is 18.2 Å². The SMILES string of the molecule is O=C1Nc2ccc(F)cc2[C@@]1(O)S. The van der Waals surface area contributed by atoms with E-state index in [1.54, 1.807) is 0 Å². The van der Waals surface area contributed by atoms with Crippen molar-refractivity contribution in [1.29, 1.82) is 0 Å². The molecule has 1 amide bonds. The van der Waals surface area contributed by atoms with Crippen LogP contribution >= 0.6 is 12.6 Å². The summed E-state index contributed by atoms with van der Waals surface area (Å²) in [5.74, 6) is -1.17. The van der Waals surface area contributed by atoms with E-state index in [0.29, 0.717) is 5.69 Å². The Morgan fingerprint density at radius 3 is 2.92 bits per heavy atom. The standard InChI is InChI=1S/C8H6FNO2S/c9-4-1-2-6-5(3-4)8(12,13)7(11)10-6/h1-3,12-13H,(H,10,11)/t8-/m1/s1. The Kier molecular flexibility index (Phi) is 1.61. The molecular formula is C8H6FNO2S. The highest BCUT2D eigenvalue weighted by Gasteiger charge is 2.42. The summed E-state index contributed by atoms with van der Waals surface area (Å²) in [6.45, 7) is 0. The number of hydrogen-bond acceptors (Lipinski definition) is 3. The van der Waals surface area contributed by atoms with E-state index in [1.165, 1.54) is 12.1 Å². The molecule has 0 spiro atoms. The molecule has 0 saturated heterocycles. The highest BCUT2D eigenvalue weighted by molar-refractivity contribution is 7.82. The minimum absolute atomic E-state index is 0.154. The van der Waals surface area contributed by atoms with Gasteiger partial charge in [0, 0.05) is 11.3 Å². The molecule has 0 aliphatic carbocycles. The van der Waals surface area contributed by atoms with E-state index in [9.17, 15) is 14.3 Å². The van der Waals surface area contributed by atoms with Crippen LogP contribution in [0.3, 0.4) is 0 Å². The Balaban J connectivity index is 2.64. The van der Waals surface area contributed by atoms with Crippen molar-refractivity contribution in [3.63, 3.8) is 0 Å². The van der Waals surface area contributed by atoms with E-state index in [0.717, 1.165) is 6.07 Å². The van der Waals surface area contributed by atoms with Crippen molar-refractivity contribution in [2.45, 2.75) is 4.93 Å². The van der Waals surface area contributed by atoms with Gasteiger partial charge in [0.25, 0.3) is 5.91 Å². The topological polar surface area (TPSA) is 49.3 Å². The summed E-state index contributed by atoms with van der Waals surface area (Å²) < 4.78 is 12.7. The molecular weight excluding hydrogens is 193 g/mol. The Morgan fingerprint density at radius 2 is 2.23 bits per heavy atom. The molecule has 0 bridgehead atoms. The van der Waals surface area contributed by atoms with Gasteiger partial charge in [-0.05, 0) is 18.2 Å². The third-order valence-corrected chi connectivity index (χ3v) is 2.37. The molecule has 5 heteroatoms. The van der Waals surface area contributed by atoms with Crippen molar-refractivity contribution in [1.82, 2.24) is 0 Å². The van der Waals surface area contributed by atoms with Crippen molar-refractivity contribution in [3.8, 4) is 0 Å². The largest absolute Gasteiger partial charge is 0.367 e. The molecule has 1 heterocycles. The third kappa shape index (κ3) is 1.12. The fraction of sp³-hybridized carbons (Fsp3) is 0.125. The normalized spacial score (nSPS) is 25.6. The number of rotatable bonds is 0. The van der Waals surface area contributed by atoms with Gasteiger partial charge in [0.05, 0.1) is 0 Å². The summed E-state index contributed by atoms with van der Waals surface area (Å²) in [6, 6.07) is 3.67. The number of aliphatic hydroxyl groups is 1. The number of thiol groups is 1. The molecule has 1 aliphatic heterocycles. The molecule has 0 unspecified atom stereocenters. The van der Waals surface area contributed by atoms with Crippen LogP contribution in [-0.4, -0.2) is 11.0 Å². The van der Waals surface area contributed by atoms with Gasteiger partial charge >= 0.3 is 0 Å². The summed E-state index contributed by atoms with van der Waals surface area (Å²) in [5.41, 5.74) is 0.546. The molecule has 1 aromatic rings. The molecule has 3 nitrogen and oxygen atoms in total. The Hall–Kier alpha value is -1.07. The van der Waals surface area contributed by atoms with Crippen molar-refractivity contribution in [3.05, 3.63) is 29.6 Å². The zero-order valence-corrected chi connectivity index (χ0v) is 7.31. The van der Waals surface area contributed by atoms with Crippen LogP contribution in [0.4, 0.5) is 10.1 Å². The number of hydrogen-bond donors (Lipinski definition) is 3. The summed E-state index contributed by atoms with van der Waals surface area (Å²) in [5, 5.41) is 11.9. The van der Waals surface area contributed by atoms with Gasteiger partial charge in [-0.3, -0.25) is 4.79 Å². The van der Waals surface area contributed by atoms with E-state index in [2.05, 4.69) is 17.9 Å². The maximum atomic E-state index is 12.7. The number of carbonyl (C=O) groups is 1. The first kappa shape index (κ1) is 8.52. The minimum Gasteiger partial charge on any atom is -0.367 e. The van der Waals surface area contributed by atoms with Crippen LogP contribution in [0.2, 0.25) is 0 Å². The molecule has 1 atom stereocenters. The molecule has 0 radical (unpaired) electrons. The second-order valence-electron chi connectivity index (χ2n) is 2.82. The number of amides is 1. The Morgan fingerprint density at radius 1 is 1.54 bits per heavy atom. The van der Waals surface area contributed by atoms with Gasteiger partial charge in [0.1, 0.15) is 5.82 Å². The first-order chi connectivity index (χ1) is 6.01. The van der Waals surface area contributed by atoms with Crippen molar-refractivity contribution < 1.29 is 14.3 Å². The molecule has 2 rings (SSSR count). The van der Waals surface area contributed by atoms with Crippen molar-refractivity contribution in [2.24, 2.45) is 0 Å². The van der Waals surface area contributed by atoms with E-state index in [4.69, 9.17) is 0 Å². The van der Waals surface area contributed by atoms with Crippen LogP contribution in [0.1, 0.15) is 5.56 Å². The van der Waals surface area contributed by atoms with E-state index < -0.39 is 16.7 Å². The lowest BCUT2D eigenvalue weighted by Gasteiger charge is -2.11. The molecule has 2 N–H and O–H groups in total. The van der Waals surface area contributed by atoms with E-state index >= 15 is 0 Å². The van der Waals surface area contributed by atoms with Gasteiger partial charge in [0.15, 0.2) is 0 Å². The maximum absolute atomic E-state index is 12.7. The number of nitrogens with one attached hydrogen (secondary N) is 1. The quantitative estimate of drug-likeness (QED) is 0.428. The highest BCUT2D eigenvalue weighted by Crippen LogP contribution is 2.38. The van der Waals surface area contributed by atoms with Crippen LogP contribution in [0.25, 0.3) is 0 Å². The Bertz CT molecular complexity index is 392. The zero-order chi connectivity index (χ0) is 9.64. The minimum atomic E-state index is -1.92. The summed E-state index contributed by atoms with van der Waals surface area (Å²) >= 11 is 3.75. The average molecular weight is 199 g/mol. The first-order valence-electron chi connectivity index (χ1n) is 3.58. The molecule has 0 aromatic heterocycles. The van der Waals surface area contributed by atoms with Crippen LogP contribution in [0.5, 0.6) is 0 Å². The smallest absolute Gasteiger partial charge is 0.271 e. The van der Waals surface area contributed by atoms with Crippen molar-refractivity contribution >= 4 is 24.2 Å². The lowest BCUT2D eigenvalue weighted by molar-refractivity contribution is -0.125. The summed E-state index contributed by atoms with van der Waals surface area (Å²) in [4.78, 5) is 9.18. The average Bonchev–Trinajstić information content (AvgIpc) is 2.27. The van der Waals surface area contributed by atoms with Gasteiger partial charge in [0.2, 0.25) is 4.93 Å². The van der Waals surface area contributed by atoms with E-state index in [-0.39, 0.29) is 5.56 Å². The predicted octanol–water partition coefficient (Wildman–Crippen LogP) is 0.853. The number of carbonyl (C=O) groups excluding carboxylic acids is 1. The second kappa shape index (κ2) is 2.46. The van der Waals surface area contributed by atoms with Gasteiger partial charge < -0.3 is 10.4 Å². The zero-order valence-electron chi connectivity index (χ0n) is 6.41. The van der Waals surface area contributed by atoms with Crippen LogP contribution in [0, 0.1) is 5.82 Å². The van der Waals surface area contributed by atoms with Gasteiger partial charge in [-0.2, -0.15) is 0 Å². The molecule has 1 aromatic carbocycles. The number of benzene rings is 1. The monoisotopic (exact) mass is 199 g/mol. The van der Waals surface area contributed by atoms with Gasteiger partial charge in [-0.15, -0.1) is 12.6 Å².